The highest BCUT2D eigenvalue weighted by atomic mass is 16.6. The van der Waals surface area contributed by atoms with E-state index in [0.29, 0.717) is 19.3 Å². The van der Waals surface area contributed by atoms with Gasteiger partial charge in [-0.05, 0) is 19.3 Å². The number of esters is 3. The van der Waals surface area contributed by atoms with Crippen LogP contribution in [0.1, 0.15) is 149 Å². The molecule has 1 unspecified atom stereocenters. The van der Waals surface area contributed by atoms with Crippen molar-refractivity contribution in [2.75, 3.05) is 13.2 Å². The largest absolute Gasteiger partial charge is 0.462 e. The Bertz CT molecular complexity index is 519. The van der Waals surface area contributed by atoms with Crippen LogP contribution in [-0.4, -0.2) is 37.2 Å². The third-order valence-corrected chi connectivity index (χ3v) is 6.11. The number of carbonyl (C=O) groups is 3. The molecule has 0 aliphatic rings. The molecule has 0 aliphatic heterocycles. The van der Waals surface area contributed by atoms with Crippen LogP contribution in [0.3, 0.4) is 0 Å². The van der Waals surface area contributed by atoms with Crippen LogP contribution in [0, 0.1) is 0 Å². The maximum absolute atomic E-state index is 12.3. The van der Waals surface area contributed by atoms with Crippen molar-refractivity contribution in [3.05, 3.63) is 0 Å². The van der Waals surface area contributed by atoms with E-state index in [2.05, 4.69) is 20.8 Å². The fourth-order valence-electron chi connectivity index (χ4n) is 3.85. The molecule has 0 heterocycles. The van der Waals surface area contributed by atoms with Crippen LogP contribution < -0.4 is 0 Å². The van der Waals surface area contributed by atoms with Gasteiger partial charge in [0.1, 0.15) is 13.2 Å². The van der Waals surface area contributed by atoms with Crippen molar-refractivity contribution in [1.29, 1.82) is 0 Å². The quantitative estimate of drug-likeness (QED) is 0.0724. The lowest BCUT2D eigenvalue weighted by atomic mass is 10.1. The van der Waals surface area contributed by atoms with Gasteiger partial charge in [-0.1, -0.05) is 111 Å². The molecule has 0 amide bonds. The molecule has 6 nitrogen and oxygen atoms in total. The molecule has 35 heavy (non-hydrogen) atoms. The third kappa shape index (κ3) is 23.9. The Morgan fingerprint density at radius 2 is 0.771 bits per heavy atom. The standard InChI is InChI=1S/C29H54O6/c1-4-7-10-13-16-19-22-28(31)34-25-26(24-33-27(30)21-18-15-12-9-6-3)35-29(32)23-20-17-14-11-8-5-2/h26H,4-25H2,1-3H3. The SMILES string of the molecule is CCCCCCCCC(=O)OCC(COC(=O)CCCCCCC)OC(=O)CCCCCCCC. The van der Waals surface area contributed by atoms with Crippen molar-refractivity contribution >= 4 is 17.9 Å². The number of hydrogen-bond donors (Lipinski definition) is 0. The minimum absolute atomic E-state index is 0.0688. The van der Waals surface area contributed by atoms with Gasteiger partial charge in [-0.25, -0.2) is 0 Å². The average molecular weight is 499 g/mol. The molecule has 0 saturated carbocycles. The fraction of sp³-hybridized carbons (Fsp3) is 0.897. The maximum Gasteiger partial charge on any atom is 0.306 e. The van der Waals surface area contributed by atoms with Gasteiger partial charge < -0.3 is 14.2 Å². The Morgan fingerprint density at radius 3 is 1.14 bits per heavy atom. The molecular weight excluding hydrogens is 444 g/mol. The van der Waals surface area contributed by atoms with Crippen molar-refractivity contribution in [3.63, 3.8) is 0 Å². The first-order chi connectivity index (χ1) is 17.0. The number of rotatable bonds is 25. The Labute approximate surface area is 215 Å². The summed E-state index contributed by atoms with van der Waals surface area (Å²) in [4.78, 5) is 36.5. The van der Waals surface area contributed by atoms with Gasteiger partial charge in [0.05, 0.1) is 0 Å². The summed E-state index contributed by atoms with van der Waals surface area (Å²) in [5.74, 6) is -0.912. The molecule has 0 aromatic carbocycles. The van der Waals surface area contributed by atoms with Crippen LogP contribution >= 0.6 is 0 Å². The fourth-order valence-corrected chi connectivity index (χ4v) is 3.85. The van der Waals surface area contributed by atoms with Gasteiger partial charge in [0.2, 0.25) is 0 Å². The molecule has 0 spiro atoms. The first kappa shape index (κ1) is 33.4. The Balaban J connectivity index is 4.36. The number of carbonyl (C=O) groups excluding carboxylic acids is 3. The number of hydrogen-bond acceptors (Lipinski definition) is 6. The smallest absolute Gasteiger partial charge is 0.306 e. The zero-order valence-electron chi connectivity index (χ0n) is 23.1. The van der Waals surface area contributed by atoms with E-state index in [1.807, 2.05) is 0 Å². The van der Waals surface area contributed by atoms with Gasteiger partial charge >= 0.3 is 17.9 Å². The second-order valence-corrected chi connectivity index (χ2v) is 9.68. The average Bonchev–Trinajstić information content (AvgIpc) is 2.85. The van der Waals surface area contributed by atoms with Crippen molar-refractivity contribution in [2.45, 2.75) is 155 Å². The Kier molecular flexibility index (Phi) is 24.3. The number of unbranched alkanes of at least 4 members (excludes halogenated alkanes) is 14. The van der Waals surface area contributed by atoms with Crippen molar-refractivity contribution in [1.82, 2.24) is 0 Å². The highest BCUT2D eigenvalue weighted by molar-refractivity contribution is 5.71. The predicted molar refractivity (Wildman–Crippen MR) is 141 cm³/mol. The molecule has 0 aromatic rings. The molecule has 0 saturated heterocycles. The lowest BCUT2D eigenvalue weighted by Gasteiger charge is -2.18. The lowest BCUT2D eigenvalue weighted by molar-refractivity contribution is -0.167. The van der Waals surface area contributed by atoms with E-state index >= 15 is 0 Å². The zero-order chi connectivity index (χ0) is 26.0. The summed E-state index contributed by atoms with van der Waals surface area (Å²) in [6, 6.07) is 0. The predicted octanol–water partition coefficient (Wildman–Crippen LogP) is 7.85. The normalized spacial score (nSPS) is 11.7. The minimum atomic E-state index is -0.750. The van der Waals surface area contributed by atoms with Crippen LogP contribution in [-0.2, 0) is 28.6 Å². The van der Waals surface area contributed by atoms with E-state index in [-0.39, 0.29) is 31.1 Å². The molecule has 1 atom stereocenters. The molecule has 6 heteroatoms. The van der Waals surface area contributed by atoms with Gasteiger partial charge in [0, 0.05) is 19.3 Å². The zero-order valence-corrected chi connectivity index (χ0v) is 23.1. The summed E-state index contributed by atoms with van der Waals surface area (Å²) in [6.45, 7) is 6.37. The van der Waals surface area contributed by atoms with Crippen molar-refractivity contribution < 1.29 is 28.6 Å². The second-order valence-electron chi connectivity index (χ2n) is 9.68. The van der Waals surface area contributed by atoms with Gasteiger partial charge in [-0.3, -0.25) is 14.4 Å². The topological polar surface area (TPSA) is 78.9 Å². The van der Waals surface area contributed by atoms with Crippen LogP contribution in [0.2, 0.25) is 0 Å². The summed E-state index contributed by atoms with van der Waals surface area (Å²) in [5, 5.41) is 0. The summed E-state index contributed by atoms with van der Waals surface area (Å²) in [7, 11) is 0. The molecule has 0 bridgehead atoms. The summed E-state index contributed by atoms with van der Waals surface area (Å²) in [6.07, 6.45) is 18.7. The minimum Gasteiger partial charge on any atom is -0.462 e. The van der Waals surface area contributed by atoms with Gasteiger partial charge in [0.25, 0.3) is 0 Å². The van der Waals surface area contributed by atoms with E-state index in [9.17, 15) is 14.4 Å². The maximum atomic E-state index is 12.3. The highest BCUT2D eigenvalue weighted by Crippen LogP contribution is 2.11. The Morgan fingerprint density at radius 1 is 0.457 bits per heavy atom. The monoisotopic (exact) mass is 498 g/mol. The molecule has 0 aromatic heterocycles. The highest BCUT2D eigenvalue weighted by Gasteiger charge is 2.19. The van der Waals surface area contributed by atoms with E-state index in [1.165, 1.54) is 44.9 Å². The molecule has 0 radical (unpaired) electrons. The van der Waals surface area contributed by atoms with Gasteiger partial charge in [-0.2, -0.15) is 0 Å². The van der Waals surface area contributed by atoms with Crippen LogP contribution in [0.4, 0.5) is 0 Å². The lowest BCUT2D eigenvalue weighted by Crippen LogP contribution is -2.30. The third-order valence-electron chi connectivity index (χ3n) is 6.11. The van der Waals surface area contributed by atoms with Crippen molar-refractivity contribution in [2.24, 2.45) is 0 Å². The molecule has 0 fully saturated rings. The van der Waals surface area contributed by atoms with Gasteiger partial charge in [0.15, 0.2) is 6.10 Å². The van der Waals surface area contributed by atoms with Crippen molar-refractivity contribution in [3.8, 4) is 0 Å². The molecule has 206 valence electrons. The van der Waals surface area contributed by atoms with Crippen LogP contribution in [0.25, 0.3) is 0 Å². The van der Waals surface area contributed by atoms with Gasteiger partial charge in [-0.15, -0.1) is 0 Å². The molecule has 0 N–H and O–H groups in total. The first-order valence-corrected chi connectivity index (χ1v) is 14.5. The Hall–Kier alpha value is -1.59. The first-order valence-electron chi connectivity index (χ1n) is 14.5. The second kappa shape index (κ2) is 25.5. The van der Waals surface area contributed by atoms with E-state index in [0.717, 1.165) is 64.2 Å². The van der Waals surface area contributed by atoms with E-state index in [1.54, 1.807) is 0 Å². The van der Waals surface area contributed by atoms with Crippen LogP contribution in [0.5, 0.6) is 0 Å². The summed E-state index contributed by atoms with van der Waals surface area (Å²) in [5.41, 5.74) is 0. The molecular formula is C29H54O6. The molecule has 0 rings (SSSR count). The van der Waals surface area contributed by atoms with Crippen LogP contribution in [0.15, 0.2) is 0 Å². The van der Waals surface area contributed by atoms with E-state index < -0.39 is 6.10 Å². The number of ether oxygens (including phenoxy) is 3. The summed E-state index contributed by atoms with van der Waals surface area (Å²) >= 11 is 0. The summed E-state index contributed by atoms with van der Waals surface area (Å²) < 4.78 is 16.2. The van der Waals surface area contributed by atoms with E-state index in [4.69, 9.17) is 14.2 Å². The molecule has 0 aliphatic carbocycles.